The second-order valence-corrected chi connectivity index (χ2v) is 7.44. The Morgan fingerprint density at radius 1 is 1.46 bits per heavy atom. The fraction of sp³-hybridized carbons (Fsp3) is 0.471. The summed E-state index contributed by atoms with van der Waals surface area (Å²) in [6, 6.07) is 2.16. The summed E-state index contributed by atoms with van der Waals surface area (Å²) < 4.78 is 5.89. The average molecular weight is 344 g/mol. The molecule has 0 unspecified atom stereocenters. The lowest BCUT2D eigenvalue weighted by atomic mass is 9.92. The van der Waals surface area contributed by atoms with E-state index >= 15 is 0 Å². The summed E-state index contributed by atoms with van der Waals surface area (Å²) in [5, 5.41) is 4.99. The SMILES string of the molecule is Cc1ccsc1CN1C[C@@H]2[C@H](C1)OC[C@H]2C(=O)Nc1cnccn1. The van der Waals surface area contributed by atoms with Crippen molar-refractivity contribution in [2.75, 3.05) is 25.0 Å². The first-order chi connectivity index (χ1) is 11.7. The van der Waals surface area contributed by atoms with Gasteiger partial charge in [0.15, 0.2) is 5.82 Å². The molecule has 7 heteroatoms. The minimum absolute atomic E-state index is 0.0165. The van der Waals surface area contributed by atoms with Gasteiger partial charge in [0.2, 0.25) is 5.91 Å². The quantitative estimate of drug-likeness (QED) is 0.918. The van der Waals surface area contributed by atoms with Crippen molar-refractivity contribution in [2.45, 2.75) is 19.6 Å². The number of carbonyl (C=O) groups excluding carboxylic acids is 1. The maximum atomic E-state index is 12.6. The summed E-state index contributed by atoms with van der Waals surface area (Å²) in [4.78, 5) is 24.4. The van der Waals surface area contributed by atoms with Crippen LogP contribution in [0.4, 0.5) is 5.82 Å². The van der Waals surface area contributed by atoms with Crippen LogP contribution in [-0.2, 0) is 16.1 Å². The minimum Gasteiger partial charge on any atom is -0.376 e. The number of aromatic nitrogens is 2. The molecule has 0 radical (unpaired) electrons. The van der Waals surface area contributed by atoms with Gasteiger partial charge in [0.1, 0.15) is 0 Å². The Balaban J connectivity index is 1.39. The summed E-state index contributed by atoms with van der Waals surface area (Å²) in [6.07, 6.45) is 4.88. The van der Waals surface area contributed by atoms with Crippen molar-refractivity contribution >= 4 is 23.1 Å². The molecule has 4 rings (SSSR count). The second-order valence-electron chi connectivity index (χ2n) is 6.44. The van der Waals surface area contributed by atoms with Gasteiger partial charge in [0.25, 0.3) is 0 Å². The van der Waals surface area contributed by atoms with Crippen LogP contribution in [0, 0.1) is 18.8 Å². The number of carbonyl (C=O) groups is 1. The molecule has 0 saturated carbocycles. The van der Waals surface area contributed by atoms with E-state index in [-0.39, 0.29) is 23.8 Å². The predicted octanol–water partition coefficient (Wildman–Crippen LogP) is 1.93. The average Bonchev–Trinajstić information content (AvgIpc) is 3.25. The normalized spacial score (nSPS) is 26.5. The number of hydrogen-bond donors (Lipinski definition) is 1. The molecule has 0 aliphatic carbocycles. The van der Waals surface area contributed by atoms with E-state index in [0.29, 0.717) is 12.4 Å². The summed E-state index contributed by atoms with van der Waals surface area (Å²) >= 11 is 1.80. The van der Waals surface area contributed by atoms with Crippen LogP contribution in [0.1, 0.15) is 10.4 Å². The fourth-order valence-electron chi connectivity index (χ4n) is 3.54. The molecule has 1 amide bonds. The number of anilines is 1. The molecular formula is C17H20N4O2S. The summed E-state index contributed by atoms with van der Waals surface area (Å²) in [7, 11) is 0. The van der Waals surface area contributed by atoms with E-state index in [0.717, 1.165) is 19.6 Å². The first-order valence-corrected chi connectivity index (χ1v) is 9.02. The van der Waals surface area contributed by atoms with E-state index in [4.69, 9.17) is 4.74 Å². The highest BCUT2D eigenvalue weighted by Crippen LogP contribution is 2.35. The lowest BCUT2D eigenvalue weighted by Gasteiger charge is -2.19. The number of nitrogens with zero attached hydrogens (tertiary/aromatic N) is 3. The van der Waals surface area contributed by atoms with Crippen LogP contribution in [-0.4, -0.2) is 46.6 Å². The molecular weight excluding hydrogens is 324 g/mol. The minimum atomic E-state index is -0.119. The van der Waals surface area contributed by atoms with E-state index in [1.54, 1.807) is 29.9 Å². The van der Waals surface area contributed by atoms with Crippen molar-refractivity contribution in [3.05, 3.63) is 40.5 Å². The Labute approximate surface area is 144 Å². The Bertz CT molecular complexity index is 720. The van der Waals surface area contributed by atoms with Crippen LogP contribution in [0.2, 0.25) is 0 Å². The van der Waals surface area contributed by atoms with Gasteiger partial charge in [-0.15, -0.1) is 11.3 Å². The highest BCUT2D eigenvalue weighted by molar-refractivity contribution is 7.10. The molecule has 126 valence electrons. The molecule has 2 aliphatic rings. The van der Waals surface area contributed by atoms with Crippen molar-refractivity contribution in [3.63, 3.8) is 0 Å². The highest BCUT2D eigenvalue weighted by Gasteiger charge is 2.46. The zero-order valence-electron chi connectivity index (χ0n) is 13.5. The monoisotopic (exact) mass is 344 g/mol. The predicted molar refractivity (Wildman–Crippen MR) is 91.7 cm³/mol. The topological polar surface area (TPSA) is 67.3 Å². The maximum Gasteiger partial charge on any atom is 0.231 e. The van der Waals surface area contributed by atoms with Crippen LogP contribution in [0.25, 0.3) is 0 Å². The lowest BCUT2D eigenvalue weighted by molar-refractivity contribution is -0.120. The Hall–Kier alpha value is -1.83. The lowest BCUT2D eigenvalue weighted by Crippen LogP contribution is -2.32. The summed E-state index contributed by atoms with van der Waals surface area (Å²) in [5.41, 5.74) is 1.34. The number of nitrogens with one attached hydrogen (secondary N) is 1. The molecule has 1 N–H and O–H groups in total. The molecule has 24 heavy (non-hydrogen) atoms. The molecule has 2 aromatic heterocycles. The molecule has 2 saturated heterocycles. The van der Waals surface area contributed by atoms with Gasteiger partial charge < -0.3 is 10.1 Å². The van der Waals surface area contributed by atoms with Crippen LogP contribution in [0.5, 0.6) is 0 Å². The van der Waals surface area contributed by atoms with Crippen LogP contribution in [0.15, 0.2) is 30.0 Å². The van der Waals surface area contributed by atoms with Gasteiger partial charge in [-0.3, -0.25) is 14.7 Å². The largest absolute Gasteiger partial charge is 0.376 e. The highest BCUT2D eigenvalue weighted by atomic mass is 32.1. The molecule has 4 heterocycles. The number of likely N-dealkylation sites (tertiary alicyclic amines) is 1. The van der Waals surface area contributed by atoms with E-state index < -0.39 is 0 Å². The van der Waals surface area contributed by atoms with Gasteiger partial charge in [-0.05, 0) is 23.9 Å². The van der Waals surface area contributed by atoms with Gasteiger partial charge in [-0.1, -0.05) is 0 Å². The Morgan fingerprint density at radius 3 is 3.12 bits per heavy atom. The zero-order valence-corrected chi connectivity index (χ0v) is 14.3. The van der Waals surface area contributed by atoms with Gasteiger partial charge >= 0.3 is 0 Å². The number of amides is 1. The van der Waals surface area contributed by atoms with E-state index in [2.05, 4.69) is 38.6 Å². The molecule has 0 bridgehead atoms. The van der Waals surface area contributed by atoms with E-state index in [1.165, 1.54) is 10.4 Å². The molecule has 2 aliphatic heterocycles. The zero-order chi connectivity index (χ0) is 16.5. The number of ether oxygens (including phenoxy) is 1. The molecule has 0 aromatic carbocycles. The molecule has 6 nitrogen and oxygen atoms in total. The van der Waals surface area contributed by atoms with Crippen molar-refractivity contribution in [2.24, 2.45) is 11.8 Å². The van der Waals surface area contributed by atoms with Gasteiger partial charge in [-0.25, -0.2) is 4.98 Å². The molecule has 2 fully saturated rings. The van der Waals surface area contributed by atoms with Crippen molar-refractivity contribution in [3.8, 4) is 0 Å². The van der Waals surface area contributed by atoms with Gasteiger partial charge in [0.05, 0.1) is 24.8 Å². The molecule has 3 atom stereocenters. The first kappa shape index (κ1) is 15.7. The van der Waals surface area contributed by atoms with E-state index in [1.807, 2.05) is 0 Å². The van der Waals surface area contributed by atoms with Crippen LogP contribution < -0.4 is 5.32 Å². The third-order valence-electron chi connectivity index (χ3n) is 4.88. The summed E-state index contributed by atoms with van der Waals surface area (Å²) in [5.74, 6) is 0.612. The maximum absolute atomic E-state index is 12.6. The fourth-order valence-corrected chi connectivity index (χ4v) is 4.49. The third-order valence-corrected chi connectivity index (χ3v) is 5.89. The number of thiophene rings is 1. The van der Waals surface area contributed by atoms with Crippen molar-refractivity contribution < 1.29 is 9.53 Å². The van der Waals surface area contributed by atoms with Gasteiger partial charge in [0, 0.05) is 42.8 Å². The standard InChI is InChI=1S/C17H20N4O2S/c1-11-2-5-24-15(11)9-21-7-12-13(10-23-14(12)8-21)17(22)20-16-6-18-3-4-19-16/h2-6,12-14H,7-10H2,1H3,(H,19,20,22)/t12-,13+,14-/m0/s1. The number of rotatable bonds is 4. The Morgan fingerprint density at radius 2 is 2.38 bits per heavy atom. The molecule has 2 aromatic rings. The smallest absolute Gasteiger partial charge is 0.231 e. The number of aryl methyl sites for hydroxylation is 1. The number of fused-ring (bicyclic) bond motifs is 1. The van der Waals surface area contributed by atoms with Gasteiger partial charge in [-0.2, -0.15) is 0 Å². The first-order valence-electron chi connectivity index (χ1n) is 8.14. The second kappa shape index (κ2) is 6.58. The van der Waals surface area contributed by atoms with Crippen molar-refractivity contribution in [1.82, 2.24) is 14.9 Å². The third kappa shape index (κ3) is 3.07. The van der Waals surface area contributed by atoms with E-state index in [9.17, 15) is 4.79 Å². The van der Waals surface area contributed by atoms with Crippen molar-refractivity contribution in [1.29, 1.82) is 0 Å². The van der Waals surface area contributed by atoms with Crippen LogP contribution >= 0.6 is 11.3 Å². The molecule has 0 spiro atoms. The summed E-state index contributed by atoms with van der Waals surface area (Å²) in [6.45, 7) is 5.39. The van der Waals surface area contributed by atoms with Crippen LogP contribution in [0.3, 0.4) is 0 Å². The number of hydrogen-bond acceptors (Lipinski definition) is 6. The Kier molecular flexibility index (Phi) is 4.30.